The van der Waals surface area contributed by atoms with Crippen LogP contribution in [0.5, 0.6) is 0 Å². The Morgan fingerprint density at radius 3 is 2.51 bits per heavy atom. The Bertz CT molecular complexity index is 1360. The van der Waals surface area contributed by atoms with Crippen molar-refractivity contribution in [3.8, 4) is 0 Å². The first-order valence-corrected chi connectivity index (χ1v) is 12.4. The zero-order valence-electron chi connectivity index (χ0n) is 20.0. The predicted octanol–water partition coefficient (Wildman–Crippen LogP) is 3.44. The fraction of sp³-hybridized carbons (Fsp3) is 0.417. The monoisotopic (exact) mass is 519 g/mol. The molecular weight excluding hydrogens is 493 g/mol. The second-order valence-electron chi connectivity index (χ2n) is 9.59. The molecule has 0 saturated carbocycles. The molecule has 0 bridgehead atoms. The molecule has 4 rings (SSSR count). The highest BCUT2D eigenvalue weighted by molar-refractivity contribution is 7.20. The van der Waals surface area contributed by atoms with Gasteiger partial charge in [0.1, 0.15) is 17.2 Å². The molecule has 11 heteroatoms. The number of hydrogen-bond donors (Lipinski definition) is 1. The summed E-state index contributed by atoms with van der Waals surface area (Å²) in [5, 5.41) is 3.26. The Labute approximate surface area is 211 Å². The summed E-state index contributed by atoms with van der Waals surface area (Å²) >= 11 is 7.10. The highest BCUT2D eigenvalue weighted by Crippen LogP contribution is 2.29. The summed E-state index contributed by atoms with van der Waals surface area (Å²) in [7, 11) is 0. The normalized spacial score (nSPS) is 14.5. The van der Waals surface area contributed by atoms with Crippen LogP contribution < -0.4 is 15.8 Å². The van der Waals surface area contributed by atoms with Gasteiger partial charge in [0.05, 0.1) is 21.6 Å². The highest BCUT2D eigenvalue weighted by atomic mass is 35.5. The van der Waals surface area contributed by atoms with E-state index in [1.54, 1.807) is 24.0 Å². The van der Waals surface area contributed by atoms with E-state index in [9.17, 15) is 18.8 Å². The van der Waals surface area contributed by atoms with Crippen molar-refractivity contribution in [1.29, 1.82) is 0 Å². The van der Waals surface area contributed by atoms with Crippen LogP contribution in [0.25, 0.3) is 10.2 Å². The van der Waals surface area contributed by atoms with Gasteiger partial charge in [-0.1, -0.05) is 11.6 Å². The number of carbonyl (C=O) groups is 2. The average Bonchev–Trinajstić information content (AvgIpc) is 3.13. The van der Waals surface area contributed by atoms with Crippen LogP contribution in [0.4, 0.5) is 10.1 Å². The lowest BCUT2D eigenvalue weighted by Gasteiger charge is -2.36. The van der Waals surface area contributed by atoms with Gasteiger partial charge in [-0.15, -0.1) is 11.3 Å². The maximum Gasteiger partial charge on any atom is 0.264 e. The van der Waals surface area contributed by atoms with Gasteiger partial charge in [-0.2, -0.15) is 0 Å². The number of benzene rings is 1. The molecule has 1 aromatic carbocycles. The number of amides is 2. The summed E-state index contributed by atoms with van der Waals surface area (Å²) in [6, 6.07) is 4.60. The Kier molecular flexibility index (Phi) is 6.88. The zero-order chi connectivity index (χ0) is 25.5. The van der Waals surface area contributed by atoms with Crippen molar-refractivity contribution in [1.82, 2.24) is 19.8 Å². The first-order valence-electron chi connectivity index (χ1n) is 11.2. The van der Waals surface area contributed by atoms with Crippen molar-refractivity contribution in [3.63, 3.8) is 0 Å². The number of aryl methyl sites for hydroxylation is 1. The first kappa shape index (κ1) is 25.1. The second kappa shape index (κ2) is 9.58. The van der Waals surface area contributed by atoms with E-state index < -0.39 is 11.4 Å². The van der Waals surface area contributed by atoms with E-state index in [-0.39, 0.29) is 28.9 Å². The zero-order valence-corrected chi connectivity index (χ0v) is 21.6. The Hall–Kier alpha value is -2.98. The molecule has 186 valence electrons. The van der Waals surface area contributed by atoms with Gasteiger partial charge in [-0.3, -0.25) is 19.0 Å². The fourth-order valence-electron chi connectivity index (χ4n) is 4.08. The van der Waals surface area contributed by atoms with Crippen molar-refractivity contribution >= 4 is 50.7 Å². The number of halogens is 2. The van der Waals surface area contributed by atoms with Gasteiger partial charge in [0.15, 0.2) is 0 Å². The van der Waals surface area contributed by atoms with Crippen LogP contribution in [0, 0.1) is 12.7 Å². The minimum Gasteiger partial charge on any atom is -0.368 e. The standard InChI is InChI=1S/C24H27ClFN5O3S/c1-14-19-21(27-13-31(22(19)33)12-18(32)28-24(2,3)4)35-20(14)23(34)30-9-7-29(8-10-30)15-5-6-17(26)16(25)11-15/h5-6,11,13H,7-10,12H2,1-4H3,(H,28,32). The molecule has 0 radical (unpaired) electrons. The molecular formula is C24H27ClFN5O3S. The Morgan fingerprint density at radius 1 is 1.20 bits per heavy atom. The number of rotatable bonds is 4. The largest absolute Gasteiger partial charge is 0.368 e. The van der Waals surface area contributed by atoms with Crippen LogP contribution in [0.2, 0.25) is 5.02 Å². The van der Waals surface area contributed by atoms with Crippen molar-refractivity contribution in [2.75, 3.05) is 31.1 Å². The molecule has 0 aliphatic carbocycles. The number of fused-ring (bicyclic) bond motifs is 1. The summed E-state index contributed by atoms with van der Waals surface area (Å²) in [6.45, 7) is 9.30. The molecule has 3 heterocycles. The number of carbonyl (C=O) groups excluding carboxylic acids is 2. The molecule has 35 heavy (non-hydrogen) atoms. The number of hydrogen-bond acceptors (Lipinski definition) is 6. The number of nitrogens with zero attached hydrogens (tertiary/aromatic N) is 4. The first-order chi connectivity index (χ1) is 16.4. The van der Waals surface area contributed by atoms with Crippen molar-refractivity contribution in [2.45, 2.75) is 39.8 Å². The third-order valence-electron chi connectivity index (χ3n) is 5.78. The lowest BCUT2D eigenvalue weighted by atomic mass is 10.1. The van der Waals surface area contributed by atoms with E-state index in [2.05, 4.69) is 15.2 Å². The summed E-state index contributed by atoms with van der Waals surface area (Å²) in [4.78, 5) is 47.8. The van der Waals surface area contributed by atoms with E-state index in [1.165, 1.54) is 28.3 Å². The molecule has 0 unspecified atom stereocenters. The fourth-order valence-corrected chi connectivity index (χ4v) is 5.36. The Morgan fingerprint density at radius 2 is 1.89 bits per heavy atom. The topological polar surface area (TPSA) is 87.5 Å². The van der Waals surface area contributed by atoms with Crippen molar-refractivity contribution < 1.29 is 14.0 Å². The van der Waals surface area contributed by atoms with Crippen molar-refractivity contribution in [2.24, 2.45) is 0 Å². The lowest BCUT2D eigenvalue weighted by molar-refractivity contribution is -0.123. The smallest absolute Gasteiger partial charge is 0.264 e. The molecule has 3 aromatic rings. The van der Waals surface area contributed by atoms with E-state index >= 15 is 0 Å². The van der Waals surface area contributed by atoms with Crippen LogP contribution in [0.1, 0.15) is 36.0 Å². The molecule has 0 spiro atoms. The van der Waals surface area contributed by atoms with Gasteiger partial charge < -0.3 is 15.1 Å². The summed E-state index contributed by atoms with van der Waals surface area (Å²) in [5.41, 5.74) is 0.626. The molecule has 1 saturated heterocycles. The van der Waals surface area contributed by atoms with Crippen LogP contribution in [0.3, 0.4) is 0 Å². The maximum absolute atomic E-state index is 13.5. The maximum atomic E-state index is 13.5. The third-order valence-corrected chi connectivity index (χ3v) is 7.25. The molecule has 1 N–H and O–H groups in total. The predicted molar refractivity (Wildman–Crippen MR) is 136 cm³/mol. The SMILES string of the molecule is Cc1c(C(=O)N2CCN(c3ccc(F)c(Cl)c3)CC2)sc2ncn(CC(=O)NC(C)(C)C)c(=O)c12. The third kappa shape index (κ3) is 5.33. The molecule has 8 nitrogen and oxygen atoms in total. The van der Waals surface area contributed by atoms with Gasteiger partial charge >= 0.3 is 0 Å². The number of piperazine rings is 1. The molecule has 2 aromatic heterocycles. The highest BCUT2D eigenvalue weighted by Gasteiger charge is 2.27. The van der Waals surface area contributed by atoms with E-state index in [1.807, 2.05) is 20.8 Å². The molecule has 2 amide bonds. The summed E-state index contributed by atoms with van der Waals surface area (Å²) in [5.74, 6) is -0.907. The van der Waals surface area contributed by atoms with Crippen LogP contribution in [0.15, 0.2) is 29.3 Å². The Balaban J connectivity index is 1.51. The number of aromatic nitrogens is 2. The second-order valence-corrected chi connectivity index (χ2v) is 11.0. The summed E-state index contributed by atoms with van der Waals surface area (Å²) in [6.07, 6.45) is 1.35. The van der Waals surface area contributed by atoms with E-state index in [0.717, 1.165) is 5.69 Å². The van der Waals surface area contributed by atoms with Gasteiger partial charge in [0, 0.05) is 37.4 Å². The van der Waals surface area contributed by atoms with Gasteiger partial charge in [0.2, 0.25) is 5.91 Å². The number of nitrogens with one attached hydrogen (secondary N) is 1. The number of anilines is 1. The molecule has 0 atom stereocenters. The van der Waals surface area contributed by atoms with Gasteiger partial charge in [0.25, 0.3) is 11.5 Å². The van der Waals surface area contributed by atoms with Crippen LogP contribution in [-0.2, 0) is 11.3 Å². The molecule has 1 aliphatic rings. The van der Waals surface area contributed by atoms with Crippen LogP contribution in [-0.4, -0.2) is 58.0 Å². The van der Waals surface area contributed by atoms with E-state index in [0.29, 0.717) is 46.8 Å². The molecule has 1 aliphatic heterocycles. The van der Waals surface area contributed by atoms with Gasteiger partial charge in [-0.25, -0.2) is 9.37 Å². The van der Waals surface area contributed by atoms with Crippen LogP contribution >= 0.6 is 22.9 Å². The number of thiophene rings is 1. The quantitative estimate of drug-likeness (QED) is 0.570. The average molecular weight is 520 g/mol. The minimum atomic E-state index is -0.466. The minimum absolute atomic E-state index is 0.0657. The lowest BCUT2D eigenvalue weighted by Crippen LogP contribution is -2.48. The van der Waals surface area contributed by atoms with Crippen molar-refractivity contribution in [3.05, 3.63) is 56.2 Å². The molecule has 1 fully saturated rings. The van der Waals surface area contributed by atoms with E-state index in [4.69, 9.17) is 11.6 Å². The van der Waals surface area contributed by atoms with Gasteiger partial charge in [-0.05, 0) is 51.5 Å². The summed E-state index contributed by atoms with van der Waals surface area (Å²) < 4.78 is 14.7.